The fourth-order valence-electron chi connectivity index (χ4n) is 0.886. The minimum absolute atomic E-state index is 0. The van der Waals surface area contributed by atoms with Gasteiger partial charge in [-0.25, -0.2) is 0 Å². The van der Waals surface area contributed by atoms with Crippen molar-refractivity contribution in [2.24, 2.45) is 11.5 Å². The van der Waals surface area contributed by atoms with E-state index in [-0.39, 0.29) is 17.1 Å². The summed E-state index contributed by atoms with van der Waals surface area (Å²) in [4.78, 5) is 21.5. The van der Waals surface area contributed by atoms with E-state index in [1.807, 2.05) is 0 Å². The number of carbonyl (C=O) groups is 2. The molecule has 0 aliphatic heterocycles. The van der Waals surface area contributed by atoms with Gasteiger partial charge >= 0.3 is 17.1 Å². The SMILES string of the molecule is CC(C)(SSC(C)(C)C(N)C(=O)[O-])C(N)C(=O)[O-].[Cu+2]. The Morgan fingerprint density at radius 1 is 0.895 bits per heavy atom. The summed E-state index contributed by atoms with van der Waals surface area (Å²) in [5.74, 6) is -2.70. The predicted molar refractivity (Wildman–Crippen MR) is 69.3 cm³/mol. The molecule has 0 heterocycles. The second-order valence-corrected chi connectivity index (χ2v) is 8.40. The molecule has 0 rings (SSSR count). The van der Waals surface area contributed by atoms with E-state index >= 15 is 0 Å². The number of carboxylic acid groups (broad SMARTS) is 2. The van der Waals surface area contributed by atoms with Gasteiger partial charge in [0.1, 0.15) is 0 Å². The molecule has 2 atom stereocenters. The van der Waals surface area contributed by atoms with Crippen LogP contribution in [0.15, 0.2) is 0 Å². The second kappa shape index (κ2) is 7.75. The van der Waals surface area contributed by atoms with Crippen molar-refractivity contribution in [2.45, 2.75) is 49.3 Å². The molecule has 0 aromatic rings. The number of aliphatic carboxylic acids is 2. The summed E-state index contributed by atoms with van der Waals surface area (Å²) >= 11 is 0. The van der Waals surface area contributed by atoms with Crippen LogP contribution in [-0.2, 0) is 26.7 Å². The molecule has 6 nitrogen and oxygen atoms in total. The van der Waals surface area contributed by atoms with Gasteiger partial charge in [-0.1, -0.05) is 21.6 Å². The van der Waals surface area contributed by atoms with E-state index in [0.29, 0.717) is 0 Å². The van der Waals surface area contributed by atoms with Crippen LogP contribution in [0.25, 0.3) is 0 Å². The summed E-state index contributed by atoms with van der Waals surface area (Å²) < 4.78 is -1.63. The van der Waals surface area contributed by atoms with Gasteiger partial charge in [0, 0.05) is 9.49 Å². The number of hydrogen-bond donors (Lipinski definition) is 2. The largest absolute Gasteiger partial charge is 2.00 e. The van der Waals surface area contributed by atoms with E-state index in [2.05, 4.69) is 0 Å². The average molecular weight is 358 g/mol. The van der Waals surface area contributed by atoms with Crippen LogP contribution in [0.4, 0.5) is 0 Å². The van der Waals surface area contributed by atoms with E-state index in [9.17, 15) is 19.8 Å². The zero-order chi connectivity index (χ0) is 14.7. The first-order chi connectivity index (χ1) is 7.92. The number of carbonyl (C=O) groups excluding carboxylic acids is 2. The molecule has 0 aromatic heterocycles. The Balaban J connectivity index is 0. The van der Waals surface area contributed by atoms with Gasteiger partial charge in [-0.05, 0) is 27.7 Å². The summed E-state index contributed by atoms with van der Waals surface area (Å²) in [6.45, 7) is 6.58. The topological polar surface area (TPSA) is 132 Å². The van der Waals surface area contributed by atoms with Gasteiger partial charge in [0.15, 0.2) is 0 Å². The van der Waals surface area contributed by atoms with Gasteiger partial charge in [-0.3, -0.25) is 0 Å². The summed E-state index contributed by atoms with van der Waals surface area (Å²) in [6, 6.07) is -2.32. The Morgan fingerprint density at radius 3 is 1.26 bits per heavy atom. The molecule has 0 fully saturated rings. The van der Waals surface area contributed by atoms with E-state index in [1.54, 1.807) is 27.7 Å². The molecule has 1 radical (unpaired) electrons. The third-order valence-electron chi connectivity index (χ3n) is 2.48. The molecule has 4 N–H and O–H groups in total. The van der Waals surface area contributed by atoms with E-state index in [0.717, 1.165) is 0 Å². The van der Waals surface area contributed by atoms with Gasteiger partial charge in [0.2, 0.25) is 0 Å². The summed E-state index contributed by atoms with van der Waals surface area (Å²) in [6.07, 6.45) is 0. The van der Waals surface area contributed by atoms with Crippen molar-refractivity contribution in [1.82, 2.24) is 0 Å². The molecular formula is C10H18CuN2O4S2. The second-order valence-electron chi connectivity index (χ2n) is 4.97. The Morgan fingerprint density at radius 2 is 1.11 bits per heavy atom. The zero-order valence-electron chi connectivity index (χ0n) is 11.1. The van der Waals surface area contributed by atoms with Crippen LogP contribution in [0.3, 0.4) is 0 Å². The third-order valence-corrected chi connectivity index (χ3v) is 6.75. The first kappa shape index (κ1) is 21.4. The first-order valence-corrected chi connectivity index (χ1v) is 7.36. The van der Waals surface area contributed by atoms with Crippen molar-refractivity contribution in [3.8, 4) is 0 Å². The van der Waals surface area contributed by atoms with Crippen molar-refractivity contribution in [1.29, 1.82) is 0 Å². The monoisotopic (exact) mass is 357 g/mol. The van der Waals surface area contributed by atoms with Crippen LogP contribution in [-0.4, -0.2) is 33.5 Å². The number of carboxylic acids is 2. The quantitative estimate of drug-likeness (QED) is 0.398. The Hall–Kier alpha value is 0.0795. The van der Waals surface area contributed by atoms with Crippen LogP contribution < -0.4 is 21.7 Å². The fourth-order valence-corrected chi connectivity index (χ4v) is 3.63. The van der Waals surface area contributed by atoms with Crippen LogP contribution in [0.5, 0.6) is 0 Å². The summed E-state index contributed by atoms with van der Waals surface area (Å²) in [7, 11) is 2.34. The minimum atomic E-state index is -1.35. The predicted octanol–water partition coefficient (Wildman–Crippen LogP) is -1.92. The number of hydrogen-bond acceptors (Lipinski definition) is 8. The molecule has 0 bridgehead atoms. The maximum Gasteiger partial charge on any atom is 2.00 e. The van der Waals surface area contributed by atoms with Crippen LogP contribution in [0.2, 0.25) is 0 Å². The van der Waals surface area contributed by atoms with Gasteiger partial charge in [-0.2, -0.15) is 0 Å². The molecule has 115 valence electrons. The normalized spacial score (nSPS) is 15.3. The molecule has 2 unspecified atom stereocenters. The molecule has 0 aromatic carbocycles. The molecule has 9 heteroatoms. The fraction of sp³-hybridized carbons (Fsp3) is 0.800. The third kappa shape index (κ3) is 6.37. The minimum Gasteiger partial charge on any atom is -0.548 e. The molecule has 0 saturated heterocycles. The maximum atomic E-state index is 10.7. The van der Waals surface area contributed by atoms with Gasteiger partial charge < -0.3 is 31.3 Å². The molecular weight excluding hydrogens is 340 g/mol. The van der Waals surface area contributed by atoms with Gasteiger partial charge in [-0.15, -0.1) is 0 Å². The van der Waals surface area contributed by atoms with Crippen molar-refractivity contribution < 1.29 is 36.9 Å². The Labute approximate surface area is 131 Å². The molecule has 0 aliphatic carbocycles. The molecule has 19 heavy (non-hydrogen) atoms. The van der Waals surface area contributed by atoms with Crippen LogP contribution >= 0.6 is 21.6 Å². The standard InChI is InChI=1S/C10H20N2O4S2.Cu/c1-9(2,5(11)7(13)14)17-18-10(3,4)6(12)8(15)16;/h5-6H,11-12H2,1-4H3,(H,13,14)(H,15,16);/q;+2/p-2. The van der Waals surface area contributed by atoms with Crippen molar-refractivity contribution >= 4 is 33.5 Å². The van der Waals surface area contributed by atoms with Crippen LogP contribution in [0.1, 0.15) is 27.7 Å². The van der Waals surface area contributed by atoms with Gasteiger partial charge in [0.25, 0.3) is 0 Å². The van der Waals surface area contributed by atoms with Gasteiger partial charge in [0.05, 0.1) is 24.0 Å². The van der Waals surface area contributed by atoms with Crippen molar-refractivity contribution in [2.75, 3.05) is 0 Å². The van der Waals surface area contributed by atoms with Crippen molar-refractivity contribution in [3.63, 3.8) is 0 Å². The first-order valence-electron chi connectivity index (χ1n) is 5.21. The molecule has 0 saturated carbocycles. The Bertz CT molecular complexity index is 307. The number of rotatable bonds is 7. The molecule has 0 spiro atoms. The van der Waals surface area contributed by atoms with E-state index in [4.69, 9.17) is 11.5 Å². The average Bonchev–Trinajstić information content (AvgIpc) is 2.24. The van der Waals surface area contributed by atoms with Crippen LogP contribution in [0, 0.1) is 0 Å². The summed E-state index contributed by atoms with van der Waals surface area (Å²) in [5.41, 5.74) is 11.0. The van der Waals surface area contributed by atoms with E-state index in [1.165, 1.54) is 21.6 Å². The smallest absolute Gasteiger partial charge is 0.548 e. The summed E-state index contributed by atoms with van der Waals surface area (Å²) in [5, 5.41) is 21.5. The van der Waals surface area contributed by atoms with E-state index < -0.39 is 33.5 Å². The zero-order valence-corrected chi connectivity index (χ0v) is 13.6. The Kier molecular flexibility index (Phi) is 8.73. The maximum absolute atomic E-state index is 10.7. The molecule has 0 amide bonds. The van der Waals surface area contributed by atoms with Crippen molar-refractivity contribution in [3.05, 3.63) is 0 Å². The number of nitrogens with two attached hydrogens (primary N) is 2. The molecule has 0 aliphatic rings.